The van der Waals surface area contributed by atoms with Gasteiger partial charge < -0.3 is 9.72 Å². The molecule has 0 atom stereocenters. The van der Waals surface area contributed by atoms with Crippen LogP contribution in [0.4, 0.5) is 5.82 Å². The molecule has 0 spiro atoms. The van der Waals surface area contributed by atoms with Crippen LogP contribution >= 0.6 is 11.6 Å². The highest BCUT2D eigenvalue weighted by molar-refractivity contribution is 6.29. The number of halogens is 1. The van der Waals surface area contributed by atoms with Crippen LogP contribution in [0.25, 0.3) is 11.3 Å². The average molecular weight is 369 g/mol. The minimum absolute atomic E-state index is 0.329. The van der Waals surface area contributed by atoms with Gasteiger partial charge in [0.15, 0.2) is 5.65 Å². The van der Waals surface area contributed by atoms with E-state index in [4.69, 9.17) is 11.6 Å². The summed E-state index contributed by atoms with van der Waals surface area (Å²) in [7, 11) is 0. The normalized spacial score (nSPS) is 11.8. The number of anilines is 1. The Bertz CT molecular complexity index is 1110. The molecule has 0 aliphatic carbocycles. The lowest BCUT2D eigenvalue weighted by Gasteiger charge is -2.10. The SMILES string of the molecule is Cc1ccn2c(CNc3cc(Cl)nc4c(C(C)C)cnn34)c(C)nc2c1. The van der Waals surface area contributed by atoms with Crippen molar-refractivity contribution in [1.82, 2.24) is 24.0 Å². The summed E-state index contributed by atoms with van der Waals surface area (Å²) in [5.74, 6) is 1.14. The number of aryl methyl sites for hydroxylation is 2. The third-order valence-electron chi connectivity index (χ3n) is 4.61. The average Bonchev–Trinajstić information content (AvgIpc) is 3.12. The molecule has 0 radical (unpaired) electrons. The molecule has 0 saturated heterocycles. The van der Waals surface area contributed by atoms with Crippen molar-refractivity contribution in [2.75, 3.05) is 5.32 Å². The fourth-order valence-corrected chi connectivity index (χ4v) is 3.37. The van der Waals surface area contributed by atoms with Gasteiger partial charge in [0.05, 0.1) is 24.1 Å². The summed E-state index contributed by atoms with van der Waals surface area (Å²) in [5, 5.41) is 8.39. The summed E-state index contributed by atoms with van der Waals surface area (Å²) in [6.45, 7) is 8.95. The number of imidazole rings is 1. The number of hydrogen-bond acceptors (Lipinski definition) is 4. The van der Waals surface area contributed by atoms with Crippen LogP contribution in [0.5, 0.6) is 0 Å². The second kappa shape index (κ2) is 6.29. The first-order valence-electron chi connectivity index (χ1n) is 8.66. The smallest absolute Gasteiger partial charge is 0.162 e. The number of pyridine rings is 1. The minimum atomic E-state index is 0.329. The van der Waals surface area contributed by atoms with E-state index >= 15 is 0 Å². The van der Waals surface area contributed by atoms with Crippen molar-refractivity contribution in [2.24, 2.45) is 0 Å². The predicted molar refractivity (Wildman–Crippen MR) is 104 cm³/mol. The highest BCUT2D eigenvalue weighted by Gasteiger charge is 2.14. The van der Waals surface area contributed by atoms with E-state index in [0.717, 1.165) is 34.1 Å². The zero-order chi connectivity index (χ0) is 18.4. The summed E-state index contributed by atoms with van der Waals surface area (Å²) in [5.41, 5.74) is 6.14. The van der Waals surface area contributed by atoms with Gasteiger partial charge in [-0.25, -0.2) is 9.97 Å². The van der Waals surface area contributed by atoms with Crippen LogP contribution in [0, 0.1) is 13.8 Å². The van der Waals surface area contributed by atoms with E-state index in [-0.39, 0.29) is 0 Å². The van der Waals surface area contributed by atoms with Crippen molar-refractivity contribution in [2.45, 2.75) is 40.2 Å². The maximum atomic E-state index is 6.25. The molecule has 6 nitrogen and oxygen atoms in total. The number of nitrogens with one attached hydrogen (secondary N) is 1. The van der Waals surface area contributed by atoms with Gasteiger partial charge in [0, 0.05) is 17.8 Å². The first kappa shape index (κ1) is 16.8. The van der Waals surface area contributed by atoms with Crippen LogP contribution in [0.1, 0.15) is 42.3 Å². The third kappa shape index (κ3) is 2.80. The van der Waals surface area contributed by atoms with Crippen LogP contribution in [-0.4, -0.2) is 24.0 Å². The molecule has 0 bridgehead atoms. The van der Waals surface area contributed by atoms with Gasteiger partial charge in [0.25, 0.3) is 0 Å². The second-order valence-electron chi connectivity index (χ2n) is 6.88. The highest BCUT2D eigenvalue weighted by Crippen LogP contribution is 2.24. The lowest BCUT2D eigenvalue weighted by molar-refractivity contribution is 0.871. The molecule has 1 N–H and O–H groups in total. The molecule has 0 aromatic carbocycles. The molecule has 0 saturated carbocycles. The van der Waals surface area contributed by atoms with Crippen LogP contribution in [-0.2, 0) is 6.54 Å². The quantitative estimate of drug-likeness (QED) is 0.543. The number of rotatable bonds is 4. The van der Waals surface area contributed by atoms with Crippen LogP contribution in [0.3, 0.4) is 0 Å². The fourth-order valence-electron chi connectivity index (χ4n) is 3.19. The van der Waals surface area contributed by atoms with Crippen LogP contribution < -0.4 is 5.32 Å². The molecule has 4 heterocycles. The third-order valence-corrected chi connectivity index (χ3v) is 4.80. The Balaban J connectivity index is 1.72. The maximum Gasteiger partial charge on any atom is 0.162 e. The summed E-state index contributed by atoms with van der Waals surface area (Å²) in [6.07, 6.45) is 3.92. The van der Waals surface area contributed by atoms with E-state index < -0.39 is 0 Å². The second-order valence-corrected chi connectivity index (χ2v) is 7.27. The van der Waals surface area contributed by atoms with Crippen LogP contribution in [0.15, 0.2) is 30.6 Å². The van der Waals surface area contributed by atoms with Gasteiger partial charge in [-0.05, 0) is 37.5 Å². The topological polar surface area (TPSA) is 59.5 Å². The van der Waals surface area contributed by atoms with Crippen molar-refractivity contribution < 1.29 is 0 Å². The maximum absolute atomic E-state index is 6.25. The van der Waals surface area contributed by atoms with Gasteiger partial charge in [-0.3, -0.25) is 0 Å². The van der Waals surface area contributed by atoms with E-state index in [9.17, 15) is 0 Å². The standard InChI is InChI=1S/C19H21ClN6/c1-11(2)14-9-22-26-17(8-16(20)24-19(14)26)21-10-15-13(4)23-18-7-12(3)5-6-25(15)18/h5-9,11,21H,10H2,1-4H3. The van der Waals surface area contributed by atoms with E-state index in [1.54, 1.807) is 6.07 Å². The van der Waals surface area contributed by atoms with Gasteiger partial charge in [0.1, 0.15) is 16.6 Å². The Labute approximate surface area is 156 Å². The summed E-state index contributed by atoms with van der Waals surface area (Å²) in [4.78, 5) is 9.10. The number of nitrogens with zero attached hydrogens (tertiary/aromatic N) is 5. The summed E-state index contributed by atoms with van der Waals surface area (Å²) < 4.78 is 3.92. The molecule has 0 aliphatic heterocycles. The highest BCUT2D eigenvalue weighted by atomic mass is 35.5. The first-order chi connectivity index (χ1) is 12.4. The lowest BCUT2D eigenvalue weighted by atomic mass is 10.1. The van der Waals surface area contributed by atoms with E-state index in [2.05, 4.69) is 63.9 Å². The van der Waals surface area contributed by atoms with Crippen molar-refractivity contribution in [1.29, 1.82) is 0 Å². The fraction of sp³-hybridized carbons (Fsp3) is 0.316. The molecule has 134 valence electrons. The van der Waals surface area contributed by atoms with Gasteiger partial charge >= 0.3 is 0 Å². The molecule has 0 aliphatic rings. The first-order valence-corrected chi connectivity index (χ1v) is 9.04. The van der Waals surface area contributed by atoms with E-state index in [1.165, 1.54) is 5.56 Å². The van der Waals surface area contributed by atoms with Crippen molar-refractivity contribution in [3.8, 4) is 0 Å². The van der Waals surface area contributed by atoms with E-state index in [1.807, 2.05) is 17.6 Å². The molecule has 26 heavy (non-hydrogen) atoms. The lowest BCUT2D eigenvalue weighted by Crippen LogP contribution is -2.09. The Kier molecular flexibility index (Phi) is 4.07. The van der Waals surface area contributed by atoms with Crippen molar-refractivity contribution in [3.05, 3.63) is 58.3 Å². The Morgan fingerprint density at radius 3 is 2.77 bits per heavy atom. The monoisotopic (exact) mass is 368 g/mol. The zero-order valence-electron chi connectivity index (χ0n) is 15.3. The summed E-state index contributed by atoms with van der Waals surface area (Å²) in [6, 6.07) is 5.97. The number of hydrogen-bond donors (Lipinski definition) is 1. The van der Waals surface area contributed by atoms with Gasteiger partial charge in [-0.1, -0.05) is 25.4 Å². The zero-order valence-corrected chi connectivity index (χ0v) is 16.0. The molecular formula is C19H21ClN6. The molecular weight excluding hydrogens is 348 g/mol. The minimum Gasteiger partial charge on any atom is -0.364 e. The molecule has 0 unspecified atom stereocenters. The number of fused-ring (bicyclic) bond motifs is 2. The van der Waals surface area contributed by atoms with Gasteiger partial charge in [-0.15, -0.1) is 0 Å². The van der Waals surface area contributed by atoms with Gasteiger partial charge in [-0.2, -0.15) is 9.61 Å². The van der Waals surface area contributed by atoms with Crippen LogP contribution in [0.2, 0.25) is 5.15 Å². The molecule has 7 heteroatoms. The van der Waals surface area contributed by atoms with E-state index in [0.29, 0.717) is 17.6 Å². The molecule has 0 amide bonds. The Morgan fingerprint density at radius 1 is 1.19 bits per heavy atom. The Hall–Kier alpha value is -2.60. The molecule has 0 fully saturated rings. The summed E-state index contributed by atoms with van der Waals surface area (Å²) >= 11 is 6.25. The molecule has 4 aromatic rings. The predicted octanol–water partition coefficient (Wildman–Crippen LogP) is 4.38. The largest absolute Gasteiger partial charge is 0.364 e. The Morgan fingerprint density at radius 2 is 2.00 bits per heavy atom. The molecule has 4 aromatic heterocycles. The van der Waals surface area contributed by atoms with Gasteiger partial charge in [0.2, 0.25) is 0 Å². The van der Waals surface area contributed by atoms with Crippen molar-refractivity contribution >= 4 is 28.7 Å². The van der Waals surface area contributed by atoms with Crippen molar-refractivity contribution in [3.63, 3.8) is 0 Å². The molecule has 4 rings (SSSR count). The number of aromatic nitrogens is 5.